The van der Waals surface area contributed by atoms with E-state index >= 15 is 0 Å². The van der Waals surface area contributed by atoms with Gasteiger partial charge in [-0.2, -0.15) is 0 Å². The lowest BCUT2D eigenvalue weighted by Crippen LogP contribution is -2.46. The Labute approximate surface area is 157 Å². The summed E-state index contributed by atoms with van der Waals surface area (Å²) in [7, 11) is 4.11. The van der Waals surface area contributed by atoms with Crippen LogP contribution in [-0.4, -0.2) is 47.9 Å². The molecular weight excluding hydrogens is 348 g/mol. The van der Waals surface area contributed by atoms with E-state index in [0.717, 1.165) is 19.3 Å². The molecule has 0 bridgehead atoms. The predicted octanol–water partition coefficient (Wildman–Crippen LogP) is 2.54. The molecule has 6 nitrogen and oxygen atoms in total. The van der Waals surface area contributed by atoms with Crippen molar-refractivity contribution in [1.29, 1.82) is 0 Å². The molecule has 1 aliphatic rings. The number of nitrogens with one attached hydrogen (secondary N) is 2. The first-order valence-electron chi connectivity index (χ1n) is 8.79. The molecule has 2 amide bonds. The van der Waals surface area contributed by atoms with Crippen molar-refractivity contribution in [3.05, 3.63) is 47.0 Å². The summed E-state index contributed by atoms with van der Waals surface area (Å²) in [5, 5.41) is 8.23. The summed E-state index contributed by atoms with van der Waals surface area (Å²) in [6.45, 7) is 0. The van der Waals surface area contributed by atoms with Gasteiger partial charge in [0.25, 0.3) is 5.91 Å². The largest absolute Gasteiger partial charge is 0.351 e. The average Bonchev–Trinajstić information content (AvgIpc) is 3.25. The monoisotopic (exact) mass is 372 g/mol. The van der Waals surface area contributed by atoms with Crippen molar-refractivity contribution in [1.82, 2.24) is 15.2 Å². The summed E-state index contributed by atoms with van der Waals surface area (Å²) in [5.74, 6) is -0.217. The summed E-state index contributed by atoms with van der Waals surface area (Å²) in [6.07, 6.45) is 3.50. The number of nitrogens with zero attached hydrogens (tertiary/aromatic N) is 2. The third kappa shape index (κ3) is 4.68. The van der Waals surface area contributed by atoms with Crippen LogP contribution in [0.15, 0.2) is 35.7 Å². The Morgan fingerprint density at radius 1 is 1.23 bits per heavy atom. The molecule has 2 atom stereocenters. The van der Waals surface area contributed by atoms with Gasteiger partial charge in [0.2, 0.25) is 5.91 Å². The normalized spacial score (nSPS) is 19.5. The topological polar surface area (TPSA) is 74.3 Å². The molecular formula is C19H24N4O2S. The first kappa shape index (κ1) is 18.5. The Balaban J connectivity index is 1.53. The van der Waals surface area contributed by atoms with Gasteiger partial charge in [-0.05, 0) is 45.5 Å². The molecule has 1 aliphatic carbocycles. The molecule has 0 unspecified atom stereocenters. The Morgan fingerprint density at radius 2 is 2.00 bits per heavy atom. The molecule has 2 aromatic rings. The van der Waals surface area contributed by atoms with Crippen LogP contribution in [0.2, 0.25) is 0 Å². The highest BCUT2D eigenvalue weighted by Crippen LogP contribution is 2.23. The Kier molecular flexibility index (Phi) is 6.00. The van der Waals surface area contributed by atoms with Crippen LogP contribution >= 0.6 is 11.3 Å². The van der Waals surface area contributed by atoms with Crippen molar-refractivity contribution in [2.24, 2.45) is 0 Å². The minimum absolute atomic E-state index is 0.0185. The van der Waals surface area contributed by atoms with Crippen LogP contribution in [0.1, 0.15) is 35.3 Å². The summed E-state index contributed by atoms with van der Waals surface area (Å²) >= 11 is 1.33. The third-order valence-electron chi connectivity index (χ3n) is 4.64. The van der Waals surface area contributed by atoms with Gasteiger partial charge < -0.3 is 10.2 Å². The molecule has 1 aromatic heterocycles. The first-order chi connectivity index (χ1) is 12.5. The number of aromatic nitrogens is 1. The number of amides is 2. The second kappa shape index (κ2) is 8.42. The van der Waals surface area contributed by atoms with Crippen LogP contribution in [0.5, 0.6) is 0 Å². The average molecular weight is 372 g/mol. The highest BCUT2D eigenvalue weighted by atomic mass is 32.1. The van der Waals surface area contributed by atoms with E-state index in [1.165, 1.54) is 11.3 Å². The molecule has 2 N–H and O–H groups in total. The number of likely N-dealkylation sites (N-methyl/N-ethyl adjacent to an activating group) is 1. The highest BCUT2D eigenvalue weighted by molar-refractivity contribution is 7.14. The van der Waals surface area contributed by atoms with Gasteiger partial charge in [-0.15, -0.1) is 11.3 Å². The van der Waals surface area contributed by atoms with E-state index in [4.69, 9.17) is 0 Å². The van der Waals surface area contributed by atoms with Crippen molar-refractivity contribution in [2.75, 3.05) is 19.4 Å². The van der Waals surface area contributed by atoms with E-state index in [-0.39, 0.29) is 24.3 Å². The zero-order valence-corrected chi connectivity index (χ0v) is 15.9. The van der Waals surface area contributed by atoms with Crippen molar-refractivity contribution < 1.29 is 9.59 Å². The fraction of sp³-hybridized carbons (Fsp3) is 0.421. The summed E-state index contributed by atoms with van der Waals surface area (Å²) in [6, 6.07) is 9.60. The van der Waals surface area contributed by atoms with Gasteiger partial charge >= 0.3 is 0 Å². The number of hydrogen-bond acceptors (Lipinski definition) is 5. The quantitative estimate of drug-likeness (QED) is 0.817. The van der Waals surface area contributed by atoms with Crippen LogP contribution in [0.4, 0.5) is 5.13 Å². The Bertz CT molecular complexity index is 760. The first-order valence-corrected chi connectivity index (χ1v) is 9.67. The molecule has 138 valence electrons. The summed E-state index contributed by atoms with van der Waals surface area (Å²) < 4.78 is 0. The van der Waals surface area contributed by atoms with E-state index in [1.54, 1.807) is 12.1 Å². The molecule has 0 radical (unpaired) electrons. The van der Waals surface area contributed by atoms with Gasteiger partial charge in [-0.3, -0.25) is 14.9 Å². The lowest BCUT2D eigenvalue weighted by Gasteiger charge is -2.26. The number of benzene rings is 1. The standard InChI is InChI=1S/C19H24N4O2S/c1-23(2)16-10-6-9-15(16)21-17(24)11-14-12-26-19(20-14)22-18(25)13-7-4-3-5-8-13/h3-5,7-8,12,15-16H,6,9-11H2,1-2H3,(H,21,24)(H,20,22,25)/t15-,16+/m0/s1. The smallest absolute Gasteiger partial charge is 0.257 e. The number of carbonyl (C=O) groups is 2. The molecule has 1 saturated carbocycles. The number of anilines is 1. The van der Waals surface area contributed by atoms with Crippen LogP contribution < -0.4 is 10.6 Å². The molecule has 1 fully saturated rings. The molecule has 1 aromatic carbocycles. The number of rotatable bonds is 6. The maximum absolute atomic E-state index is 12.3. The van der Waals surface area contributed by atoms with Gasteiger partial charge in [0.15, 0.2) is 5.13 Å². The Hall–Kier alpha value is -2.25. The van der Waals surface area contributed by atoms with E-state index in [9.17, 15) is 9.59 Å². The van der Waals surface area contributed by atoms with Gasteiger partial charge in [-0.1, -0.05) is 18.2 Å². The molecule has 1 heterocycles. The SMILES string of the molecule is CN(C)[C@@H]1CCC[C@@H]1NC(=O)Cc1csc(NC(=O)c2ccccc2)n1. The van der Waals surface area contributed by atoms with Crippen LogP contribution in [-0.2, 0) is 11.2 Å². The van der Waals surface area contributed by atoms with Crippen molar-refractivity contribution in [3.8, 4) is 0 Å². The predicted molar refractivity (Wildman–Crippen MR) is 103 cm³/mol. The van der Waals surface area contributed by atoms with Gasteiger partial charge in [0.1, 0.15) is 0 Å². The minimum atomic E-state index is -0.198. The van der Waals surface area contributed by atoms with Crippen LogP contribution in [0.25, 0.3) is 0 Å². The number of carbonyl (C=O) groups excluding carboxylic acids is 2. The summed E-state index contributed by atoms with van der Waals surface area (Å²) in [5.41, 5.74) is 1.26. The third-order valence-corrected chi connectivity index (χ3v) is 5.45. The lowest BCUT2D eigenvalue weighted by molar-refractivity contribution is -0.121. The number of hydrogen-bond donors (Lipinski definition) is 2. The zero-order valence-electron chi connectivity index (χ0n) is 15.1. The summed E-state index contributed by atoms with van der Waals surface area (Å²) in [4.78, 5) is 31.0. The molecule has 3 rings (SSSR count). The second-order valence-electron chi connectivity index (χ2n) is 6.78. The van der Waals surface area contributed by atoms with E-state index in [1.807, 2.05) is 23.6 Å². The van der Waals surface area contributed by atoms with Gasteiger partial charge in [0.05, 0.1) is 12.1 Å². The van der Waals surface area contributed by atoms with E-state index in [2.05, 4.69) is 34.6 Å². The van der Waals surface area contributed by atoms with E-state index < -0.39 is 0 Å². The molecule has 0 aliphatic heterocycles. The lowest BCUT2D eigenvalue weighted by atomic mass is 10.1. The second-order valence-corrected chi connectivity index (χ2v) is 7.63. The van der Waals surface area contributed by atoms with Crippen LogP contribution in [0, 0.1) is 0 Å². The maximum atomic E-state index is 12.3. The minimum Gasteiger partial charge on any atom is -0.351 e. The van der Waals surface area contributed by atoms with Crippen molar-refractivity contribution >= 4 is 28.3 Å². The maximum Gasteiger partial charge on any atom is 0.257 e. The van der Waals surface area contributed by atoms with E-state index in [0.29, 0.717) is 22.4 Å². The molecule has 7 heteroatoms. The fourth-order valence-electron chi connectivity index (χ4n) is 3.35. The highest BCUT2D eigenvalue weighted by Gasteiger charge is 2.30. The van der Waals surface area contributed by atoms with Gasteiger partial charge in [-0.25, -0.2) is 4.98 Å². The molecule has 26 heavy (non-hydrogen) atoms. The molecule has 0 spiro atoms. The Morgan fingerprint density at radius 3 is 2.73 bits per heavy atom. The van der Waals surface area contributed by atoms with Crippen LogP contribution in [0.3, 0.4) is 0 Å². The number of thiazole rings is 1. The molecule has 0 saturated heterocycles. The van der Waals surface area contributed by atoms with Gasteiger partial charge in [0, 0.05) is 23.0 Å². The van der Waals surface area contributed by atoms with Crippen molar-refractivity contribution in [3.63, 3.8) is 0 Å². The van der Waals surface area contributed by atoms with Crippen molar-refractivity contribution in [2.45, 2.75) is 37.8 Å². The zero-order chi connectivity index (χ0) is 18.5. The fourth-order valence-corrected chi connectivity index (χ4v) is 4.06.